The molecule has 1 aromatic rings. The van der Waals surface area contributed by atoms with Gasteiger partial charge in [-0.3, -0.25) is 9.59 Å². The largest absolute Gasteiger partial charge is 0.496 e. The fourth-order valence-electron chi connectivity index (χ4n) is 6.48. The highest BCUT2D eigenvalue weighted by atomic mass is 32.2. The van der Waals surface area contributed by atoms with Gasteiger partial charge in [-0.2, -0.15) is 11.8 Å². The molecule has 30 heavy (non-hydrogen) atoms. The van der Waals surface area contributed by atoms with E-state index in [1.165, 1.54) is 38.5 Å². The van der Waals surface area contributed by atoms with Crippen LogP contribution in [0.25, 0.3) is 0 Å². The summed E-state index contributed by atoms with van der Waals surface area (Å²) in [5.74, 6) is 3.63. The van der Waals surface area contributed by atoms with E-state index >= 15 is 0 Å². The Morgan fingerprint density at radius 3 is 2.37 bits per heavy atom. The van der Waals surface area contributed by atoms with Crippen molar-refractivity contribution >= 4 is 23.6 Å². The van der Waals surface area contributed by atoms with E-state index in [0.717, 1.165) is 30.1 Å². The molecule has 1 atom stereocenters. The van der Waals surface area contributed by atoms with Crippen molar-refractivity contribution in [3.05, 3.63) is 29.8 Å². The molecule has 2 N–H and O–H groups in total. The lowest BCUT2D eigenvalue weighted by atomic mass is 9.49. The first-order valence-electron chi connectivity index (χ1n) is 11.2. The molecule has 164 valence electrons. The number of hydrogen-bond acceptors (Lipinski definition) is 4. The molecule has 0 aliphatic heterocycles. The summed E-state index contributed by atoms with van der Waals surface area (Å²) in [5, 5.41) is 6.20. The van der Waals surface area contributed by atoms with Gasteiger partial charge in [-0.15, -0.1) is 0 Å². The standard InChI is InChI=1S/C24H34N2O3S/c1-29-21-6-4-3-5-19(21)22(27)26-20(7-8-30-2)23(28)25-15-24-12-16-9-17(13-24)11-18(10-16)14-24/h3-6,16-18,20H,7-15H2,1-2H3,(H,25,28)(H,26,27)/t16?,17?,18?,20-,24?/m1/s1. The minimum atomic E-state index is -0.524. The highest BCUT2D eigenvalue weighted by molar-refractivity contribution is 7.98. The minimum Gasteiger partial charge on any atom is -0.496 e. The minimum absolute atomic E-state index is 0.0527. The van der Waals surface area contributed by atoms with E-state index in [1.54, 1.807) is 37.1 Å². The molecule has 2 amide bonds. The first-order chi connectivity index (χ1) is 14.5. The average Bonchev–Trinajstić information content (AvgIpc) is 2.74. The lowest BCUT2D eigenvalue weighted by molar-refractivity contribution is -0.125. The Hall–Kier alpha value is -1.69. The van der Waals surface area contributed by atoms with Crippen molar-refractivity contribution in [3.8, 4) is 5.75 Å². The van der Waals surface area contributed by atoms with Gasteiger partial charge < -0.3 is 15.4 Å². The summed E-state index contributed by atoms with van der Waals surface area (Å²) in [6, 6.07) is 6.61. The fraction of sp³-hybridized carbons (Fsp3) is 0.667. The quantitative estimate of drug-likeness (QED) is 0.624. The monoisotopic (exact) mass is 430 g/mol. The molecule has 0 heterocycles. The van der Waals surface area contributed by atoms with Crippen molar-refractivity contribution in [2.24, 2.45) is 23.2 Å². The van der Waals surface area contributed by atoms with Gasteiger partial charge in [0, 0.05) is 6.54 Å². The Morgan fingerprint density at radius 1 is 1.13 bits per heavy atom. The summed E-state index contributed by atoms with van der Waals surface area (Å²) in [7, 11) is 1.55. The highest BCUT2D eigenvalue weighted by Gasteiger charge is 2.50. The van der Waals surface area contributed by atoms with Gasteiger partial charge in [0.05, 0.1) is 12.7 Å². The number of carbonyl (C=O) groups is 2. The number of hydrogen-bond donors (Lipinski definition) is 2. The number of benzene rings is 1. The van der Waals surface area contributed by atoms with Crippen LogP contribution in [-0.2, 0) is 4.79 Å². The molecule has 0 unspecified atom stereocenters. The zero-order valence-electron chi connectivity index (χ0n) is 18.1. The SMILES string of the molecule is COc1ccccc1C(=O)N[C@H](CCSC)C(=O)NCC12CC3CC(CC(C3)C1)C2. The Bertz CT molecular complexity index is 746. The van der Waals surface area contributed by atoms with E-state index in [-0.39, 0.29) is 11.8 Å². The van der Waals surface area contributed by atoms with Gasteiger partial charge in [-0.1, -0.05) is 12.1 Å². The first-order valence-corrected chi connectivity index (χ1v) is 12.6. The number of nitrogens with one attached hydrogen (secondary N) is 2. The normalized spacial score (nSPS) is 30.0. The lowest BCUT2D eigenvalue weighted by Crippen LogP contribution is -2.54. The van der Waals surface area contributed by atoms with Crippen LogP contribution in [0.2, 0.25) is 0 Å². The fourth-order valence-corrected chi connectivity index (χ4v) is 6.95. The molecule has 5 rings (SSSR count). The Kier molecular flexibility index (Phi) is 6.61. The van der Waals surface area contributed by atoms with Crippen molar-refractivity contribution in [3.63, 3.8) is 0 Å². The van der Waals surface area contributed by atoms with E-state index in [2.05, 4.69) is 10.6 Å². The Balaban J connectivity index is 1.39. The molecule has 4 saturated carbocycles. The lowest BCUT2D eigenvalue weighted by Gasteiger charge is -2.57. The topological polar surface area (TPSA) is 67.4 Å². The molecule has 4 aliphatic carbocycles. The molecule has 0 radical (unpaired) electrons. The number of amides is 2. The number of rotatable bonds is 9. The number of methoxy groups -OCH3 is 1. The van der Waals surface area contributed by atoms with Gasteiger partial charge in [0.1, 0.15) is 11.8 Å². The van der Waals surface area contributed by atoms with E-state index in [0.29, 0.717) is 23.1 Å². The third kappa shape index (κ3) is 4.63. The zero-order valence-corrected chi connectivity index (χ0v) is 18.9. The maximum atomic E-state index is 13.1. The van der Waals surface area contributed by atoms with E-state index in [4.69, 9.17) is 4.74 Å². The molecule has 0 saturated heterocycles. The second kappa shape index (κ2) is 9.21. The smallest absolute Gasteiger partial charge is 0.255 e. The van der Waals surface area contributed by atoms with E-state index in [1.807, 2.05) is 12.3 Å². The summed E-state index contributed by atoms with van der Waals surface area (Å²) in [6.45, 7) is 0.760. The van der Waals surface area contributed by atoms with Gasteiger partial charge in [-0.25, -0.2) is 0 Å². The van der Waals surface area contributed by atoms with Crippen LogP contribution in [0.3, 0.4) is 0 Å². The molecule has 0 spiro atoms. The molecule has 4 aliphatic rings. The molecule has 4 fully saturated rings. The van der Waals surface area contributed by atoms with Crippen LogP contribution in [0.5, 0.6) is 5.75 Å². The van der Waals surface area contributed by atoms with Crippen LogP contribution >= 0.6 is 11.8 Å². The molecule has 4 bridgehead atoms. The van der Waals surface area contributed by atoms with E-state index < -0.39 is 6.04 Å². The number of thioether (sulfide) groups is 1. The molecule has 0 aromatic heterocycles. The maximum Gasteiger partial charge on any atom is 0.255 e. The summed E-state index contributed by atoms with van der Waals surface area (Å²) in [4.78, 5) is 25.9. The highest BCUT2D eigenvalue weighted by Crippen LogP contribution is 2.59. The van der Waals surface area contributed by atoms with Gasteiger partial charge in [-0.05, 0) is 92.3 Å². The van der Waals surface area contributed by atoms with Gasteiger partial charge in [0.15, 0.2) is 0 Å². The number of para-hydroxylation sites is 1. The van der Waals surface area contributed by atoms with Crippen molar-refractivity contribution in [2.75, 3.05) is 25.7 Å². The summed E-state index contributed by atoms with van der Waals surface area (Å²) < 4.78 is 5.31. The third-order valence-electron chi connectivity index (χ3n) is 7.39. The predicted molar refractivity (Wildman–Crippen MR) is 121 cm³/mol. The third-order valence-corrected chi connectivity index (χ3v) is 8.03. The van der Waals surface area contributed by atoms with Crippen LogP contribution in [-0.4, -0.2) is 43.5 Å². The van der Waals surface area contributed by atoms with Gasteiger partial charge >= 0.3 is 0 Å². The van der Waals surface area contributed by atoms with Crippen molar-refractivity contribution < 1.29 is 14.3 Å². The van der Waals surface area contributed by atoms with E-state index in [9.17, 15) is 9.59 Å². The second-order valence-corrected chi connectivity index (χ2v) is 10.6. The second-order valence-electron chi connectivity index (χ2n) is 9.64. The summed E-state index contributed by atoms with van der Waals surface area (Å²) in [5.41, 5.74) is 0.754. The Labute approximate surface area is 184 Å². The molecular weight excluding hydrogens is 396 g/mol. The predicted octanol–water partition coefficient (Wildman–Crippen LogP) is 3.88. The van der Waals surface area contributed by atoms with Crippen LogP contribution < -0.4 is 15.4 Å². The number of ether oxygens (including phenoxy) is 1. The van der Waals surface area contributed by atoms with Crippen molar-refractivity contribution in [1.82, 2.24) is 10.6 Å². The van der Waals surface area contributed by atoms with Crippen LogP contribution in [0.4, 0.5) is 0 Å². The first kappa shape index (κ1) is 21.5. The number of carbonyl (C=O) groups excluding carboxylic acids is 2. The Morgan fingerprint density at radius 2 is 1.77 bits per heavy atom. The summed E-state index contributed by atoms with van der Waals surface area (Å²) in [6.07, 6.45) is 10.6. The van der Waals surface area contributed by atoms with Crippen molar-refractivity contribution in [1.29, 1.82) is 0 Å². The van der Waals surface area contributed by atoms with Crippen LogP contribution in [0.1, 0.15) is 55.3 Å². The van der Waals surface area contributed by atoms with Gasteiger partial charge in [0.25, 0.3) is 5.91 Å². The molecule has 5 nitrogen and oxygen atoms in total. The average molecular weight is 431 g/mol. The van der Waals surface area contributed by atoms with Crippen LogP contribution in [0, 0.1) is 23.2 Å². The maximum absolute atomic E-state index is 13.1. The zero-order chi connectivity index (χ0) is 21.1. The van der Waals surface area contributed by atoms with Crippen LogP contribution in [0.15, 0.2) is 24.3 Å². The molecule has 6 heteroatoms. The summed E-state index contributed by atoms with van der Waals surface area (Å²) >= 11 is 1.69. The molecular formula is C24H34N2O3S. The molecule has 1 aromatic carbocycles. The van der Waals surface area contributed by atoms with Crippen molar-refractivity contribution in [2.45, 2.75) is 51.0 Å². The van der Waals surface area contributed by atoms with Gasteiger partial charge in [0.2, 0.25) is 5.91 Å².